The minimum atomic E-state index is -3.57. The molecule has 0 aliphatic carbocycles. The maximum absolute atomic E-state index is 13.0. The van der Waals surface area contributed by atoms with Crippen molar-refractivity contribution in [3.8, 4) is 5.69 Å². The fraction of sp³-hybridized carbons (Fsp3) is 0.188. The molecule has 2 heterocycles. The molecule has 0 unspecified atom stereocenters. The molecule has 0 fully saturated rings. The first-order valence-corrected chi connectivity index (χ1v) is 8.99. The number of tetrazole rings is 1. The average molecular weight is 341 g/mol. The molecule has 1 aliphatic heterocycles. The first-order chi connectivity index (χ1) is 11.6. The summed E-state index contributed by atoms with van der Waals surface area (Å²) in [5.74, 6) is 0. The van der Waals surface area contributed by atoms with Crippen molar-refractivity contribution in [2.24, 2.45) is 0 Å². The van der Waals surface area contributed by atoms with Gasteiger partial charge in [0.15, 0.2) is 0 Å². The van der Waals surface area contributed by atoms with Gasteiger partial charge in [0.05, 0.1) is 10.6 Å². The van der Waals surface area contributed by atoms with E-state index >= 15 is 0 Å². The number of hydrogen-bond donors (Lipinski definition) is 0. The maximum atomic E-state index is 13.0. The van der Waals surface area contributed by atoms with E-state index in [1.54, 1.807) is 24.3 Å². The Morgan fingerprint density at radius 3 is 2.62 bits per heavy atom. The first kappa shape index (κ1) is 15.0. The fourth-order valence-corrected chi connectivity index (χ4v) is 4.35. The minimum absolute atomic E-state index is 0.245. The molecule has 3 aromatic rings. The molecule has 0 amide bonds. The number of aromatic nitrogens is 4. The SMILES string of the molecule is O=S(=O)(c1cccc(-n2cnnn2)c1)N1CCc2ccccc2C1. The molecular weight excluding hydrogens is 326 g/mol. The minimum Gasteiger partial charge on any atom is -0.207 e. The zero-order chi connectivity index (χ0) is 16.6. The topological polar surface area (TPSA) is 81.0 Å². The van der Waals surface area contributed by atoms with E-state index in [1.165, 1.54) is 20.9 Å². The molecule has 7 nitrogen and oxygen atoms in total. The van der Waals surface area contributed by atoms with Crippen LogP contribution in [0.4, 0.5) is 0 Å². The van der Waals surface area contributed by atoms with Gasteiger partial charge in [0.1, 0.15) is 6.33 Å². The van der Waals surface area contributed by atoms with Crippen LogP contribution in [0, 0.1) is 0 Å². The van der Waals surface area contributed by atoms with E-state index in [4.69, 9.17) is 0 Å². The molecule has 0 N–H and O–H groups in total. The molecule has 2 aromatic carbocycles. The monoisotopic (exact) mass is 341 g/mol. The molecule has 8 heteroatoms. The number of fused-ring (bicyclic) bond motifs is 1. The summed E-state index contributed by atoms with van der Waals surface area (Å²) >= 11 is 0. The largest absolute Gasteiger partial charge is 0.243 e. The number of benzene rings is 2. The summed E-state index contributed by atoms with van der Waals surface area (Å²) in [7, 11) is -3.57. The zero-order valence-corrected chi connectivity index (χ0v) is 13.6. The maximum Gasteiger partial charge on any atom is 0.243 e. The summed E-state index contributed by atoms with van der Waals surface area (Å²) in [5.41, 5.74) is 2.88. The summed E-state index contributed by atoms with van der Waals surface area (Å²) < 4.78 is 28.9. The Morgan fingerprint density at radius 2 is 1.83 bits per heavy atom. The summed E-state index contributed by atoms with van der Waals surface area (Å²) in [6, 6.07) is 14.6. The molecular formula is C16H15N5O2S. The Hall–Kier alpha value is -2.58. The molecule has 0 saturated carbocycles. The van der Waals surface area contributed by atoms with Gasteiger partial charge in [-0.1, -0.05) is 30.3 Å². The third kappa shape index (κ3) is 2.59. The van der Waals surface area contributed by atoms with Crippen LogP contribution < -0.4 is 0 Å². The van der Waals surface area contributed by atoms with Crippen molar-refractivity contribution >= 4 is 10.0 Å². The fourth-order valence-electron chi connectivity index (χ4n) is 2.89. The number of hydrogen-bond acceptors (Lipinski definition) is 5. The van der Waals surface area contributed by atoms with Gasteiger partial charge < -0.3 is 0 Å². The lowest BCUT2D eigenvalue weighted by atomic mass is 10.0. The van der Waals surface area contributed by atoms with Crippen LogP contribution in [-0.2, 0) is 23.0 Å². The lowest BCUT2D eigenvalue weighted by Gasteiger charge is -2.28. The Balaban J connectivity index is 1.68. The van der Waals surface area contributed by atoms with Crippen molar-refractivity contribution in [2.45, 2.75) is 17.9 Å². The lowest BCUT2D eigenvalue weighted by molar-refractivity contribution is 0.391. The van der Waals surface area contributed by atoms with Gasteiger partial charge >= 0.3 is 0 Å². The normalized spacial score (nSPS) is 15.2. The van der Waals surface area contributed by atoms with Crippen molar-refractivity contribution in [3.63, 3.8) is 0 Å². The summed E-state index contributed by atoms with van der Waals surface area (Å²) in [6.45, 7) is 0.877. The molecule has 24 heavy (non-hydrogen) atoms. The van der Waals surface area contributed by atoms with Crippen LogP contribution in [0.15, 0.2) is 59.8 Å². The zero-order valence-electron chi connectivity index (χ0n) is 12.8. The smallest absolute Gasteiger partial charge is 0.207 e. The second-order valence-electron chi connectivity index (χ2n) is 5.61. The standard InChI is InChI=1S/C16H15N5O2S/c22-24(23,20-9-8-13-4-1-2-5-14(13)11-20)16-7-3-6-15(10-16)21-12-17-18-19-21/h1-7,10,12H,8-9,11H2. The predicted molar refractivity (Wildman–Crippen MR) is 86.9 cm³/mol. The van der Waals surface area contributed by atoms with E-state index in [1.807, 2.05) is 18.2 Å². The van der Waals surface area contributed by atoms with E-state index in [2.05, 4.69) is 21.6 Å². The van der Waals surface area contributed by atoms with Crippen molar-refractivity contribution in [1.82, 2.24) is 24.5 Å². The molecule has 0 spiro atoms. The second kappa shape index (κ2) is 5.81. The third-order valence-corrected chi connectivity index (χ3v) is 6.01. The van der Waals surface area contributed by atoms with E-state index in [0.29, 0.717) is 18.8 Å². The Kier molecular flexibility index (Phi) is 3.62. The van der Waals surface area contributed by atoms with Crippen LogP contribution in [0.1, 0.15) is 11.1 Å². The van der Waals surface area contributed by atoms with Gasteiger partial charge in [-0.2, -0.15) is 4.31 Å². The van der Waals surface area contributed by atoms with Crippen LogP contribution in [0.25, 0.3) is 5.69 Å². The number of rotatable bonds is 3. The van der Waals surface area contributed by atoms with Crippen molar-refractivity contribution in [1.29, 1.82) is 0 Å². The first-order valence-electron chi connectivity index (χ1n) is 7.55. The van der Waals surface area contributed by atoms with Gasteiger partial charge in [-0.3, -0.25) is 0 Å². The summed E-state index contributed by atoms with van der Waals surface area (Å²) in [5, 5.41) is 11.0. The van der Waals surface area contributed by atoms with Crippen LogP contribution in [-0.4, -0.2) is 39.5 Å². The molecule has 1 aromatic heterocycles. The van der Waals surface area contributed by atoms with E-state index < -0.39 is 10.0 Å². The van der Waals surface area contributed by atoms with Gasteiger partial charge in [-0.15, -0.1) is 5.10 Å². The Labute approximate surface area is 139 Å². The van der Waals surface area contributed by atoms with Crippen LogP contribution in [0.5, 0.6) is 0 Å². The quantitative estimate of drug-likeness (QED) is 0.719. The van der Waals surface area contributed by atoms with Gasteiger partial charge in [0, 0.05) is 13.1 Å². The van der Waals surface area contributed by atoms with E-state index in [9.17, 15) is 8.42 Å². The molecule has 122 valence electrons. The van der Waals surface area contributed by atoms with E-state index in [0.717, 1.165) is 12.0 Å². The highest BCUT2D eigenvalue weighted by Crippen LogP contribution is 2.25. The molecule has 0 radical (unpaired) electrons. The summed E-state index contributed by atoms with van der Waals surface area (Å²) in [4.78, 5) is 0.245. The van der Waals surface area contributed by atoms with Gasteiger partial charge in [-0.25, -0.2) is 13.1 Å². The molecule has 4 rings (SSSR count). The third-order valence-electron chi connectivity index (χ3n) is 4.16. The van der Waals surface area contributed by atoms with Crippen molar-refractivity contribution in [3.05, 3.63) is 66.0 Å². The van der Waals surface area contributed by atoms with Gasteiger partial charge in [0.25, 0.3) is 0 Å². The van der Waals surface area contributed by atoms with Crippen LogP contribution >= 0.6 is 0 Å². The van der Waals surface area contributed by atoms with Crippen LogP contribution in [0.3, 0.4) is 0 Å². The number of sulfonamides is 1. The highest BCUT2D eigenvalue weighted by Gasteiger charge is 2.28. The van der Waals surface area contributed by atoms with Crippen molar-refractivity contribution in [2.75, 3.05) is 6.54 Å². The highest BCUT2D eigenvalue weighted by atomic mass is 32.2. The Bertz CT molecular complexity index is 970. The molecule has 0 saturated heterocycles. The lowest BCUT2D eigenvalue weighted by Crippen LogP contribution is -2.35. The predicted octanol–water partition coefficient (Wildman–Crippen LogP) is 1.41. The summed E-state index contributed by atoms with van der Waals surface area (Å²) in [6.07, 6.45) is 2.16. The molecule has 0 bridgehead atoms. The van der Waals surface area contributed by atoms with Gasteiger partial charge in [-0.05, 0) is 46.2 Å². The number of nitrogens with zero attached hydrogens (tertiary/aromatic N) is 5. The van der Waals surface area contributed by atoms with Crippen molar-refractivity contribution < 1.29 is 8.42 Å². The molecule has 0 atom stereocenters. The molecule has 1 aliphatic rings. The van der Waals surface area contributed by atoms with E-state index in [-0.39, 0.29) is 4.90 Å². The van der Waals surface area contributed by atoms with Gasteiger partial charge in [0.2, 0.25) is 10.0 Å². The average Bonchev–Trinajstić information content (AvgIpc) is 3.16. The van der Waals surface area contributed by atoms with Crippen LogP contribution in [0.2, 0.25) is 0 Å². The second-order valence-corrected chi connectivity index (χ2v) is 7.55. The highest BCUT2D eigenvalue weighted by molar-refractivity contribution is 7.89. The Morgan fingerprint density at radius 1 is 1.00 bits per heavy atom.